The van der Waals surface area contributed by atoms with Crippen LogP contribution in [0.5, 0.6) is 0 Å². The third kappa shape index (κ3) is 4.10. The number of hydrogen-bond acceptors (Lipinski definition) is 5. The molecule has 0 aliphatic heterocycles. The SMILES string of the molecule is C=Cc1c(Cc2ccc(Cl)nc2)cc2c(=O)n(C3CCCCC3O)cnc2c1N(C)C. The summed E-state index contributed by atoms with van der Waals surface area (Å²) in [6, 6.07) is 5.37. The molecule has 4 rings (SSSR count). The maximum atomic E-state index is 13.5. The van der Waals surface area contributed by atoms with E-state index in [2.05, 4.69) is 16.5 Å². The first-order chi connectivity index (χ1) is 14.9. The summed E-state index contributed by atoms with van der Waals surface area (Å²) in [5.74, 6) is 0. The number of hydrogen-bond donors (Lipinski definition) is 1. The maximum Gasteiger partial charge on any atom is 0.261 e. The van der Waals surface area contributed by atoms with Crippen LogP contribution >= 0.6 is 11.6 Å². The van der Waals surface area contributed by atoms with E-state index in [0.29, 0.717) is 28.9 Å². The quantitative estimate of drug-likeness (QED) is 0.604. The minimum absolute atomic E-state index is 0.120. The summed E-state index contributed by atoms with van der Waals surface area (Å²) in [5, 5.41) is 11.5. The average molecular weight is 439 g/mol. The summed E-state index contributed by atoms with van der Waals surface area (Å²) < 4.78 is 1.62. The predicted molar refractivity (Wildman–Crippen MR) is 126 cm³/mol. The van der Waals surface area contributed by atoms with Crippen LogP contribution in [-0.2, 0) is 6.42 Å². The van der Waals surface area contributed by atoms with E-state index in [1.807, 2.05) is 37.2 Å². The molecule has 0 saturated heterocycles. The fourth-order valence-electron chi connectivity index (χ4n) is 4.54. The van der Waals surface area contributed by atoms with Crippen LogP contribution < -0.4 is 10.5 Å². The Labute approximate surface area is 186 Å². The molecule has 1 N–H and O–H groups in total. The van der Waals surface area contributed by atoms with Gasteiger partial charge in [-0.15, -0.1) is 0 Å². The van der Waals surface area contributed by atoms with E-state index in [-0.39, 0.29) is 11.6 Å². The molecule has 1 saturated carbocycles. The minimum atomic E-state index is -0.522. The van der Waals surface area contributed by atoms with Gasteiger partial charge in [0.2, 0.25) is 0 Å². The maximum absolute atomic E-state index is 13.5. The number of rotatable bonds is 5. The second kappa shape index (κ2) is 8.81. The van der Waals surface area contributed by atoms with Crippen LogP contribution in [-0.4, -0.2) is 39.8 Å². The van der Waals surface area contributed by atoms with Crippen molar-refractivity contribution in [3.05, 3.63) is 69.5 Å². The number of halogens is 1. The third-order valence-electron chi connectivity index (χ3n) is 6.06. The first-order valence-electron chi connectivity index (χ1n) is 10.6. The first kappa shape index (κ1) is 21.5. The van der Waals surface area contributed by atoms with Gasteiger partial charge in [-0.2, -0.15) is 0 Å². The second-order valence-corrected chi connectivity index (χ2v) is 8.72. The third-order valence-corrected chi connectivity index (χ3v) is 6.28. The molecule has 0 bridgehead atoms. The molecule has 3 aromatic rings. The number of aliphatic hydroxyl groups excluding tert-OH is 1. The summed E-state index contributed by atoms with van der Waals surface area (Å²) in [7, 11) is 3.88. The molecule has 0 spiro atoms. The van der Waals surface area contributed by atoms with Crippen molar-refractivity contribution in [2.45, 2.75) is 44.2 Å². The molecule has 0 radical (unpaired) electrons. The molecule has 2 heterocycles. The fourth-order valence-corrected chi connectivity index (χ4v) is 4.65. The van der Waals surface area contributed by atoms with Gasteiger partial charge in [0.25, 0.3) is 5.56 Å². The predicted octanol–water partition coefficient (Wildman–Crippen LogP) is 4.22. The lowest BCUT2D eigenvalue weighted by molar-refractivity contribution is 0.0735. The Kier molecular flexibility index (Phi) is 6.12. The van der Waals surface area contributed by atoms with E-state index in [1.54, 1.807) is 23.2 Å². The molecule has 1 fully saturated rings. The van der Waals surface area contributed by atoms with Gasteiger partial charge in [-0.1, -0.05) is 43.2 Å². The van der Waals surface area contributed by atoms with Crippen molar-refractivity contribution in [3.63, 3.8) is 0 Å². The van der Waals surface area contributed by atoms with Gasteiger partial charge in [0.1, 0.15) is 10.7 Å². The zero-order valence-electron chi connectivity index (χ0n) is 17.9. The van der Waals surface area contributed by atoms with E-state index in [4.69, 9.17) is 11.6 Å². The zero-order chi connectivity index (χ0) is 22.1. The van der Waals surface area contributed by atoms with Crippen LogP contribution in [0.25, 0.3) is 17.0 Å². The molecular formula is C24H27ClN4O2. The molecule has 0 amide bonds. The Morgan fingerprint density at radius 2 is 2.06 bits per heavy atom. The topological polar surface area (TPSA) is 71.2 Å². The molecule has 1 aliphatic rings. The lowest BCUT2D eigenvalue weighted by atomic mass is 9.92. The van der Waals surface area contributed by atoms with E-state index in [0.717, 1.165) is 41.6 Å². The number of benzene rings is 1. The van der Waals surface area contributed by atoms with Gasteiger partial charge in [-0.25, -0.2) is 9.97 Å². The highest BCUT2D eigenvalue weighted by Gasteiger charge is 2.27. The van der Waals surface area contributed by atoms with E-state index < -0.39 is 6.10 Å². The molecule has 2 atom stereocenters. The van der Waals surface area contributed by atoms with Gasteiger partial charge in [0, 0.05) is 25.9 Å². The Morgan fingerprint density at radius 3 is 2.71 bits per heavy atom. The van der Waals surface area contributed by atoms with Gasteiger partial charge in [-0.3, -0.25) is 9.36 Å². The van der Waals surface area contributed by atoms with Crippen molar-refractivity contribution in [1.29, 1.82) is 0 Å². The molecule has 1 aromatic carbocycles. The van der Waals surface area contributed by atoms with Crippen LogP contribution in [0.15, 0.2) is 42.1 Å². The van der Waals surface area contributed by atoms with Crippen molar-refractivity contribution in [1.82, 2.24) is 14.5 Å². The average Bonchev–Trinajstić information content (AvgIpc) is 2.75. The Hall–Kier alpha value is -2.70. The minimum Gasteiger partial charge on any atom is -0.391 e. The highest BCUT2D eigenvalue weighted by Crippen LogP contribution is 2.33. The first-order valence-corrected chi connectivity index (χ1v) is 10.9. The molecule has 2 aromatic heterocycles. The van der Waals surface area contributed by atoms with Crippen molar-refractivity contribution < 1.29 is 5.11 Å². The zero-order valence-corrected chi connectivity index (χ0v) is 18.6. The van der Waals surface area contributed by atoms with E-state index in [1.165, 1.54) is 0 Å². The Morgan fingerprint density at radius 1 is 1.29 bits per heavy atom. The largest absolute Gasteiger partial charge is 0.391 e. The van der Waals surface area contributed by atoms with Crippen molar-refractivity contribution in [2.75, 3.05) is 19.0 Å². The van der Waals surface area contributed by atoms with Crippen molar-refractivity contribution in [3.8, 4) is 0 Å². The van der Waals surface area contributed by atoms with Crippen molar-refractivity contribution >= 4 is 34.3 Å². The van der Waals surface area contributed by atoms with E-state index >= 15 is 0 Å². The Balaban J connectivity index is 1.92. The summed E-state index contributed by atoms with van der Waals surface area (Å²) in [6.07, 6.45) is 8.69. The fraction of sp³-hybridized carbons (Fsp3) is 0.375. The van der Waals surface area contributed by atoms with Crippen LogP contribution in [0.2, 0.25) is 5.15 Å². The molecular weight excluding hydrogens is 412 g/mol. The molecule has 2 unspecified atom stereocenters. The number of aromatic nitrogens is 3. The summed E-state index contributed by atoms with van der Waals surface area (Å²) >= 11 is 5.94. The number of nitrogens with zero attached hydrogens (tertiary/aromatic N) is 4. The molecule has 6 nitrogen and oxygen atoms in total. The van der Waals surface area contributed by atoms with Gasteiger partial charge < -0.3 is 10.0 Å². The summed E-state index contributed by atoms with van der Waals surface area (Å²) in [5.41, 5.74) is 4.28. The monoisotopic (exact) mass is 438 g/mol. The van der Waals surface area contributed by atoms with Crippen LogP contribution in [0.3, 0.4) is 0 Å². The van der Waals surface area contributed by atoms with Gasteiger partial charge >= 0.3 is 0 Å². The number of aliphatic hydroxyl groups is 1. The Bertz CT molecular complexity index is 1170. The van der Waals surface area contributed by atoms with Crippen molar-refractivity contribution in [2.24, 2.45) is 0 Å². The lowest BCUT2D eigenvalue weighted by Gasteiger charge is -2.29. The molecule has 162 valence electrons. The highest BCUT2D eigenvalue weighted by molar-refractivity contribution is 6.29. The second-order valence-electron chi connectivity index (χ2n) is 8.33. The van der Waals surface area contributed by atoms with Gasteiger partial charge in [0.15, 0.2) is 0 Å². The highest BCUT2D eigenvalue weighted by atomic mass is 35.5. The normalized spacial score (nSPS) is 18.8. The number of anilines is 1. The molecule has 7 heteroatoms. The smallest absolute Gasteiger partial charge is 0.261 e. The van der Waals surface area contributed by atoms with Crippen LogP contribution in [0.4, 0.5) is 5.69 Å². The number of pyridine rings is 1. The van der Waals surface area contributed by atoms with Crippen LogP contribution in [0, 0.1) is 0 Å². The lowest BCUT2D eigenvalue weighted by Crippen LogP contribution is -2.35. The van der Waals surface area contributed by atoms with E-state index in [9.17, 15) is 9.90 Å². The molecule has 31 heavy (non-hydrogen) atoms. The summed E-state index contributed by atoms with van der Waals surface area (Å²) in [4.78, 5) is 24.4. The van der Waals surface area contributed by atoms with Gasteiger partial charge in [0.05, 0.1) is 29.5 Å². The summed E-state index contributed by atoms with van der Waals surface area (Å²) in [6.45, 7) is 4.01. The van der Waals surface area contributed by atoms with Gasteiger partial charge in [-0.05, 0) is 42.5 Å². The number of fused-ring (bicyclic) bond motifs is 1. The van der Waals surface area contributed by atoms with Crippen LogP contribution in [0.1, 0.15) is 48.4 Å². The molecule has 1 aliphatic carbocycles. The standard InChI is InChI=1S/C24H27ClN4O2/c1-4-17-16(11-15-9-10-21(25)26-13-15)12-18-22(23(17)28(2)3)27-14-29(24(18)31)19-7-5-6-8-20(19)30/h4,9-10,12-14,19-20,30H,1,5-8,11H2,2-3H3.